The number of rotatable bonds is 3. The number of nitrogens with one attached hydrogen (secondary N) is 1. The van der Waals surface area contributed by atoms with Crippen molar-refractivity contribution in [3.8, 4) is 0 Å². The van der Waals surface area contributed by atoms with E-state index in [9.17, 15) is 9.59 Å². The number of primary amides is 1. The summed E-state index contributed by atoms with van der Waals surface area (Å²) in [6.45, 7) is 0. The molecule has 2 amide bonds. The van der Waals surface area contributed by atoms with Gasteiger partial charge < -0.3 is 11.1 Å². The number of carbonyl (C=O) groups is 2. The third-order valence-electron chi connectivity index (χ3n) is 2.19. The molecule has 0 unspecified atom stereocenters. The summed E-state index contributed by atoms with van der Waals surface area (Å²) in [5, 5.41) is 2.72. The number of amides is 2. The normalized spacial score (nSPS) is 9.95. The fourth-order valence-corrected chi connectivity index (χ4v) is 1.52. The lowest BCUT2D eigenvalue weighted by molar-refractivity contribution is 0.0990. The molecular formula is C12H9ClN4O2. The molecule has 19 heavy (non-hydrogen) atoms. The molecule has 3 N–H and O–H groups in total. The maximum absolute atomic E-state index is 11.9. The Balaban J connectivity index is 2.19. The van der Waals surface area contributed by atoms with Crippen LogP contribution in [-0.2, 0) is 0 Å². The molecule has 0 aliphatic rings. The van der Waals surface area contributed by atoms with Crippen molar-refractivity contribution in [2.24, 2.45) is 5.73 Å². The summed E-state index contributed by atoms with van der Waals surface area (Å²) < 4.78 is 0. The van der Waals surface area contributed by atoms with Crippen molar-refractivity contribution < 1.29 is 9.59 Å². The average molecular weight is 277 g/mol. The molecule has 0 bridgehead atoms. The van der Waals surface area contributed by atoms with Crippen LogP contribution in [0.2, 0.25) is 5.15 Å². The highest BCUT2D eigenvalue weighted by Gasteiger charge is 2.10. The molecule has 6 nitrogen and oxygen atoms in total. The van der Waals surface area contributed by atoms with E-state index >= 15 is 0 Å². The Hall–Kier alpha value is -2.47. The monoisotopic (exact) mass is 276 g/mol. The molecule has 7 heteroatoms. The quantitative estimate of drug-likeness (QED) is 0.830. The van der Waals surface area contributed by atoms with E-state index in [1.165, 1.54) is 18.2 Å². The van der Waals surface area contributed by atoms with Gasteiger partial charge >= 0.3 is 0 Å². The summed E-state index contributed by atoms with van der Waals surface area (Å²) in [6, 6.07) is 9.24. The molecule has 0 aliphatic heterocycles. The van der Waals surface area contributed by atoms with Gasteiger partial charge in [0.05, 0.1) is 0 Å². The van der Waals surface area contributed by atoms with Crippen molar-refractivity contribution in [2.45, 2.75) is 0 Å². The Bertz CT molecular complexity index is 645. The third-order valence-corrected chi connectivity index (χ3v) is 2.40. The van der Waals surface area contributed by atoms with Crippen LogP contribution < -0.4 is 11.1 Å². The number of pyridine rings is 2. The van der Waals surface area contributed by atoms with Gasteiger partial charge in [-0.2, -0.15) is 0 Å². The fraction of sp³-hybridized carbons (Fsp3) is 0. The predicted octanol–water partition coefficient (Wildman–Crippen LogP) is 1.48. The van der Waals surface area contributed by atoms with Crippen LogP contribution in [0.4, 0.5) is 5.82 Å². The molecule has 0 spiro atoms. The van der Waals surface area contributed by atoms with Crippen molar-refractivity contribution in [2.75, 3.05) is 5.32 Å². The van der Waals surface area contributed by atoms with Crippen molar-refractivity contribution in [1.29, 1.82) is 0 Å². The first kappa shape index (κ1) is 13.0. The number of halogens is 1. The average Bonchev–Trinajstić information content (AvgIpc) is 2.39. The minimum Gasteiger partial charge on any atom is -0.364 e. The lowest BCUT2D eigenvalue weighted by Crippen LogP contribution is -2.17. The van der Waals surface area contributed by atoms with Gasteiger partial charge in [-0.1, -0.05) is 23.7 Å². The highest BCUT2D eigenvalue weighted by molar-refractivity contribution is 6.29. The van der Waals surface area contributed by atoms with Gasteiger partial charge in [-0.15, -0.1) is 0 Å². The van der Waals surface area contributed by atoms with E-state index in [0.717, 1.165) is 0 Å². The maximum atomic E-state index is 11.9. The Labute approximate surface area is 113 Å². The fourth-order valence-electron chi connectivity index (χ4n) is 1.36. The number of hydrogen-bond acceptors (Lipinski definition) is 4. The zero-order valence-electron chi connectivity index (χ0n) is 9.63. The number of aromatic nitrogens is 2. The largest absolute Gasteiger partial charge is 0.364 e. The molecule has 0 saturated carbocycles. The Morgan fingerprint density at radius 1 is 1.05 bits per heavy atom. The molecule has 2 heterocycles. The smallest absolute Gasteiger partial charge is 0.275 e. The topological polar surface area (TPSA) is 98.0 Å². The van der Waals surface area contributed by atoms with E-state index in [1.807, 2.05) is 0 Å². The van der Waals surface area contributed by atoms with Gasteiger partial charge in [0.15, 0.2) is 0 Å². The second-order valence-electron chi connectivity index (χ2n) is 3.57. The van der Waals surface area contributed by atoms with Crippen LogP contribution in [-0.4, -0.2) is 21.8 Å². The minimum absolute atomic E-state index is 0.0665. The zero-order valence-corrected chi connectivity index (χ0v) is 10.4. The van der Waals surface area contributed by atoms with Crippen molar-refractivity contribution in [3.63, 3.8) is 0 Å². The molecular weight excluding hydrogens is 268 g/mol. The summed E-state index contributed by atoms with van der Waals surface area (Å²) >= 11 is 5.69. The molecule has 0 atom stereocenters. The third kappa shape index (κ3) is 3.26. The molecule has 2 aromatic heterocycles. The number of hydrogen-bond donors (Lipinski definition) is 2. The number of carbonyl (C=O) groups excluding carboxylic acids is 2. The second-order valence-corrected chi connectivity index (χ2v) is 3.96. The van der Waals surface area contributed by atoms with Crippen LogP contribution in [0.5, 0.6) is 0 Å². The van der Waals surface area contributed by atoms with E-state index in [1.54, 1.807) is 18.2 Å². The van der Waals surface area contributed by atoms with Gasteiger partial charge in [0.2, 0.25) is 0 Å². The number of nitrogens with zero attached hydrogens (tertiary/aromatic N) is 2. The van der Waals surface area contributed by atoms with Crippen LogP contribution >= 0.6 is 11.6 Å². The first-order valence-electron chi connectivity index (χ1n) is 5.27. The molecule has 0 radical (unpaired) electrons. The zero-order chi connectivity index (χ0) is 13.8. The van der Waals surface area contributed by atoms with Gasteiger partial charge in [-0.3, -0.25) is 9.59 Å². The van der Waals surface area contributed by atoms with E-state index in [2.05, 4.69) is 15.3 Å². The molecule has 96 valence electrons. The molecule has 2 rings (SSSR count). The number of nitrogens with two attached hydrogens (primary N) is 1. The van der Waals surface area contributed by atoms with Gasteiger partial charge in [0.1, 0.15) is 22.4 Å². The van der Waals surface area contributed by atoms with Gasteiger partial charge in [0.25, 0.3) is 11.8 Å². The summed E-state index contributed by atoms with van der Waals surface area (Å²) in [4.78, 5) is 30.6. The van der Waals surface area contributed by atoms with Crippen LogP contribution in [0.25, 0.3) is 0 Å². The second kappa shape index (κ2) is 5.45. The van der Waals surface area contributed by atoms with Crippen molar-refractivity contribution >= 4 is 29.2 Å². The maximum Gasteiger partial charge on any atom is 0.275 e. The minimum atomic E-state index is -0.669. The van der Waals surface area contributed by atoms with Crippen LogP contribution in [0, 0.1) is 0 Å². The molecule has 0 aromatic carbocycles. The summed E-state index contributed by atoms with van der Waals surface area (Å²) in [6.07, 6.45) is 0. The number of anilines is 1. The Morgan fingerprint density at radius 3 is 2.42 bits per heavy atom. The molecule has 0 aliphatic carbocycles. The van der Waals surface area contributed by atoms with Gasteiger partial charge in [-0.25, -0.2) is 9.97 Å². The highest BCUT2D eigenvalue weighted by atomic mass is 35.5. The summed E-state index contributed by atoms with van der Waals surface area (Å²) in [5.41, 5.74) is 5.32. The standard InChI is InChI=1S/C12H9ClN4O2/c13-9-5-1-4-8(15-9)12(19)17-10-6-2-3-7(16-10)11(14)18/h1-6H,(H2,14,18)(H,16,17,19). The van der Waals surface area contributed by atoms with Crippen LogP contribution in [0.3, 0.4) is 0 Å². The molecule has 0 saturated heterocycles. The first-order valence-corrected chi connectivity index (χ1v) is 5.65. The SMILES string of the molecule is NC(=O)c1cccc(NC(=O)c2cccc(Cl)n2)n1. The van der Waals surface area contributed by atoms with Crippen LogP contribution in [0.1, 0.15) is 21.0 Å². The van der Waals surface area contributed by atoms with E-state index in [0.29, 0.717) is 0 Å². The molecule has 2 aromatic rings. The van der Waals surface area contributed by atoms with Crippen LogP contribution in [0.15, 0.2) is 36.4 Å². The summed E-state index contributed by atoms with van der Waals surface area (Å²) in [5.74, 6) is -0.934. The van der Waals surface area contributed by atoms with Crippen molar-refractivity contribution in [1.82, 2.24) is 9.97 Å². The van der Waals surface area contributed by atoms with E-state index in [4.69, 9.17) is 17.3 Å². The predicted molar refractivity (Wildman–Crippen MR) is 70.0 cm³/mol. The lowest BCUT2D eigenvalue weighted by atomic mass is 10.3. The highest BCUT2D eigenvalue weighted by Crippen LogP contribution is 2.09. The van der Waals surface area contributed by atoms with Crippen molar-refractivity contribution in [3.05, 3.63) is 52.9 Å². The van der Waals surface area contributed by atoms with E-state index < -0.39 is 11.8 Å². The Kier molecular flexibility index (Phi) is 3.72. The Morgan fingerprint density at radius 2 is 1.74 bits per heavy atom. The van der Waals surface area contributed by atoms with Gasteiger partial charge in [0, 0.05) is 0 Å². The first-order chi connectivity index (χ1) is 9.06. The summed E-state index contributed by atoms with van der Waals surface area (Å²) in [7, 11) is 0. The lowest BCUT2D eigenvalue weighted by Gasteiger charge is -2.04. The molecule has 0 fully saturated rings. The van der Waals surface area contributed by atoms with Gasteiger partial charge in [-0.05, 0) is 24.3 Å². The van der Waals surface area contributed by atoms with E-state index in [-0.39, 0.29) is 22.4 Å².